The van der Waals surface area contributed by atoms with Crippen LogP contribution in [0, 0.1) is 0 Å². The first kappa shape index (κ1) is 15.5. The smallest absolute Gasteiger partial charge is 0.0470 e. The molecule has 0 aliphatic carbocycles. The Hall–Kier alpha value is -0.900. The highest BCUT2D eigenvalue weighted by Gasteiger charge is 2.26. The average molecular weight is 275 g/mol. The molecule has 1 fully saturated rings. The molecule has 1 aliphatic heterocycles. The Kier molecular flexibility index (Phi) is 5.58. The number of nitrogens with two attached hydrogens (primary N) is 1. The van der Waals surface area contributed by atoms with Crippen LogP contribution >= 0.6 is 0 Å². The van der Waals surface area contributed by atoms with Crippen LogP contribution in [0.25, 0.3) is 0 Å². The van der Waals surface area contributed by atoms with Gasteiger partial charge in [0.2, 0.25) is 0 Å². The highest BCUT2D eigenvalue weighted by atomic mass is 15.2. The minimum atomic E-state index is 0.379. The molecule has 20 heavy (non-hydrogen) atoms. The van der Waals surface area contributed by atoms with E-state index in [4.69, 9.17) is 5.73 Å². The third-order valence-corrected chi connectivity index (χ3v) is 4.67. The number of aryl methyl sites for hydroxylation is 1. The summed E-state index contributed by atoms with van der Waals surface area (Å²) >= 11 is 0. The van der Waals surface area contributed by atoms with Gasteiger partial charge in [-0.15, -0.1) is 0 Å². The zero-order valence-corrected chi connectivity index (χ0v) is 13.2. The highest BCUT2D eigenvalue weighted by Crippen LogP contribution is 2.25. The molecule has 112 valence electrons. The van der Waals surface area contributed by atoms with Gasteiger partial charge in [-0.3, -0.25) is 4.90 Å². The van der Waals surface area contributed by atoms with Crippen molar-refractivity contribution in [2.45, 2.75) is 38.3 Å². The number of hydrogen-bond donors (Lipinski definition) is 1. The molecular formula is C17H29N3. The number of hydrogen-bond acceptors (Lipinski definition) is 3. The van der Waals surface area contributed by atoms with Gasteiger partial charge in [-0.1, -0.05) is 31.2 Å². The summed E-state index contributed by atoms with van der Waals surface area (Å²) in [5.74, 6) is 0. The minimum absolute atomic E-state index is 0.379. The quantitative estimate of drug-likeness (QED) is 0.895. The Morgan fingerprint density at radius 1 is 1.20 bits per heavy atom. The molecule has 1 atom stereocenters. The van der Waals surface area contributed by atoms with Gasteiger partial charge in [0.05, 0.1) is 0 Å². The number of rotatable bonds is 5. The van der Waals surface area contributed by atoms with E-state index in [0.717, 1.165) is 25.6 Å². The van der Waals surface area contributed by atoms with Crippen LogP contribution in [0.3, 0.4) is 0 Å². The summed E-state index contributed by atoms with van der Waals surface area (Å²) in [7, 11) is 4.37. The third kappa shape index (κ3) is 3.60. The first-order valence-electron chi connectivity index (χ1n) is 7.85. The Balaban J connectivity index is 2.01. The van der Waals surface area contributed by atoms with Gasteiger partial charge in [0.25, 0.3) is 0 Å². The van der Waals surface area contributed by atoms with Gasteiger partial charge in [-0.2, -0.15) is 0 Å². The predicted octanol–water partition coefficient (Wildman–Crippen LogP) is 2.27. The van der Waals surface area contributed by atoms with Crippen LogP contribution in [0.2, 0.25) is 0 Å². The molecule has 1 saturated heterocycles. The maximum atomic E-state index is 6.05. The predicted molar refractivity (Wildman–Crippen MR) is 85.9 cm³/mol. The maximum absolute atomic E-state index is 6.05. The first-order valence-corrected chi connectivity index (χ1v) is 7.85. The number of nitrogens with zero attached hydrogens (tertiary/aromatic N) is 2. The summed E-state index contributed by atoms with van der Waals surface area (Å²) in [6.07, 6.45) is 3.59. The van der Waals surface area contributed by atoms with Crippen LogP contribution in [-0.4, -0.2) is 49.6 Å². The minimum Gasteiger partial charge on any atom is -0.329 e. The van der Waals surface area contributed by atoms with E-state index >= 15 is 0 Å². The normalized spacial score (nSPS) is 19.4. The maximum Gasteiger partial charge on any atom is 0.0470 e. The van der Waals surface area contributed by atoms with E-state index < -0.39 is 0 Å². The molecule has 1 aromatic carbocycles. The Morgan fingerprint density at radius 2 is 1.80 bits per heavy atom. The monoisotopic (exact) mass is 275 g/mol. The van der Waals surface area contributed by atoms with Crippen molar-refractivity contribution in [1.82, 2.24) is 9.80 Å². The van der Waals surface area contributed by atoms with Crippen LogP contribution in [0.4, 0.5) is 0 Å². The molecule has 0 aromatic heterocycles. The molecule has 0 amide bonds. The van der Waals surface area contributed by atoms with Crippen LogP contribution in [0.15, 0.2) is 24.3 Å². The summed E-state index contributed by atoms with van der Waals surface area (Å²) < 4.78 is 0. The van der Waals surface area contributed by atoms with Crippen LogP contribution in [0.5, 0.6) is 0 Å². The van der Waals surface area contributed by atoms with Crippen molar-refractivity contribution in [2.24, 2.45) is 5.73 Å². The Morgan fingerprint density at radius 3 is 2.25 bits per heavy atom. The lowest BCUT2D eigenvalue weighted by atomic mass is 9.98. The highest BCUT2D eigenvalue weighted by molar-refractivity contribution is 5.25. The number of likely N-dealkylation sites (tertiary alicyclic amines) is 1. The fraction of sp³-hybridized carbons (Fsp3) is 0.647. The van der Waals surface area contributed by atoms with Crippen LogP contribution in [-0.2, 0) is 6.42 Å². The van der Waals surface area contributed by atoms with Crippen molar-refractivity contribution in [2.75, 3.05) is 33.7 Å². The SMILES string of the molecule is CCc1ccc(C(CN)N2CCC(N(C)C)CC2)cc1. The second-order valence-corrected chi connectivity index (χ2v) is 6.08. The molecule has 2 N–H and O–H groups in total. The summed E-state index contributed by atoms with van der Waals surface area (Å²) in [4.78, 5) is 4.91. The molecule has 2 rings (SSSR count). The topological polar surface area (TPSA) is 32.5 Å². The number of piperidine rings is 1. The van der Waals surface area contributed by atoms with E-state index in [2.05, 4.69) is 55.1 Å². The lowest BCUT2D eigenvalue weighted by Gasteiger charge is -2.39. The second kappa shape index (κ2) is 7.21. The van der Waals surface area contributed by atoms with Gasteiger partial charge in [0.15, 0.2) is 0 Å². The molecule has 3 heteroatoms. The van der Waals surface area contributed by atoms with Crippen molar-refractivity contribution in [1.29, 1.82) is 0 Å². The largest absolute Gasteiger partial charge is 0.329 e. The molecule has 0 radical (unpaired) electrons. The Labute approximate surface area is 123 Å². The summed E-state index contributed by atoms with van der Waals surface area (Å²) in [6.45, 7) is 5.21. The summed E-state index contributed by atoms with van der Waals surface area (Å²) in [5, 5.41) is 0. The zero-order valence-electron chi connectivity index (χ0n) is 13.2. The summed E-state index contributed by atoms with van der Waals surface area (Å²) in [6, 6.07) is 10.1. The molecule has 1 unspecified atom stereocenters. The summed E-state index contributed by atoms with van der Waals surface area (Å²) in [5.41, 5.74) is 8.82. The number of benzene rings is 1. The fourth-order valence-corrected chi connectivity index (χ4v) is 3.19. The van der Waals surface area contributed by atoms with Crippen molar-refractivity contribution < 1.29 is 0 Å². The molecule has 0 saturated carbocycles. The average Bonchev–Trinajstić information content (AvgIpc) is 2.49. The lowest BCUT2D eigenvalue weighted by molar-refractivity contribution is 0.111. The van der Waals surface area contributed by atoms with Gasteiger partial charge in [-0.05, 0) is 44.5 Å². The van der Waals surface area contributed by atoms with E-state index in [9.17, 15) is 0 Å². The van der Waals surface area contributed by atoms with Gasteiger partial charge in [0, 0.05) is 31.7 Å². The van der Waals surface area contributed by atoms with E-state index in [0.29, 0.717) is 12.6 Å². The van der Waals surface area contributed by atoms with Gasteiger partial charge < -0.3 is 10.6 Å². The van der Waals surface area contributed by atoms with Gasteiger partial charge in [0.1, 0.15) is 0 Å². The van der Waals surface area contributed by atoms with E-state index in [-0.39, 0.29) is 0 Å². The zero-order chi connectivity index (χ0) is 14.5. The van der Waals surface area contributed by atoms with Crippen molar-refractivity contribution in [3.63, 3.8) is 0 Å². The molecule has 1 heterocycles. The Bertz CT molecular complexity index is 391. The van der Waals surface area contributed by atoms with E-state index in [1.54, 1.807) is 0 Å². The fourth-order valence-electron chi connectivity index (χ4n) is 3.19. The third-order valence-electron chi connectivity index (χ3n) is 4.67. The lowest BCUT2D eigenvalue weighted by Crippen LogP contribution is -2.45. The molecule has 1 aromatic rings. The molecular weight excluding hydrogens is 246 g/mol. The van der Waals surface area contributed by atoms with Gasteiger partial charge in [-0.25, -0.2) is 0 Å². The van der Waals surface area contributed by atoms with Crippen molar-refractivity contribution in [3.05, 3.63) is 35.4 Å². The van der Waals surface area contributed by atoms with Crippen LogP contribution in [0.1, 0.15) is 36.9 Å². The van der Waals surface area contributed by atoms with E-state index in [1.807, 2.05) is 0 Å². The van der Waals surface area contributed by atoms with Gasteiger partial charge >= 0.3 is 0 Å². The molecule has 3 nitrogen and oxygen atoms in total. The van der Waals surface area contributed by atoms with Crippen LogP contribution < -0.4 is 5.73 Å². The van der Waals surface area contributed by atoms with E-state index in [1.165, 1.54) is 24.0 Å². The molecule has 0 bridgehead atoms. The first-order chi connectivity index (χ1) is 9.65. The van der Waals surface area contributed by atoms with Crippen molar-refractivity contribution in [3.8, 4) is 0 Å². The standard InChI is InChI=1S/C17H29N3/c1-4-14-5-7-15(8-6-14)17(13-18)20-11-9-16(10-12-20)19(2)3/h5-8,16-17H,4,9-13,18H2,1-3H3. The van der Waals surface area contributed by atoms with Crippen molar-refractivity contribution >= 4 is 0 Å². The second-order valence-electron chi connectivity index (χ2n) is 6.08. The molecule has 1 aliphatic rings. The molecule has 0 spiro atoms.